The second-order valence-electron chi connectivity index (χ2n) is 7.91. The zero-order valence-corrected chi connectivity index (χ0v) is 20.3. The van der Waals surface area contributed by atoms with Crippen LogP contribution in [-0.4, -0.2) is 0 Å². The van der Waals surface area contributed by atoms with E-state index in [0.717, 1.165) is 10.7 Å². The number of halogens is 2. The molecular formula is C28H22Br2. The van der Waals surface area contributed by atoms with E-state index in [2.05, 4.69) is 119 Å². The molecule has 0 saturated carbocycles. The van der Waals surface area contributed by atoms with Crippen LogP contribution in [0.25, 0.3) is 21.9 Å². The number of alkyl halides is 2. The summed E-state index contributed by atoms with van der Waals surface area (Å²) < 4.78 is 0. The monoisotopic (exact) mass is 516 g/mol. The fourth-order valence-corrected chi connectivity index (χ4v) is 6.00. The molecule has 0 spiro atoms. The van der Waals surface area contributed by atoms with Crippen molar-refractivity contribution in [3.63, 3.8) is 0 Å². The first kappa shape index (κ1) is 19.8. The van der Waals surface area contributed by atoms with Crippen LogP contribution >= 0.6 is 31.9 Å². The quantitative estimate of drug-likeness (QED) is 0.209. The molecule has 0 nitrogen and oxygen atoms in total. The van der Waals surface area contributed by atoms with Gasteiger partial charge in [0.15, 0.2) is 0 Å². The summed E-state index contributed by atoms with van der Waals surface area (Å²) in [5.41, 5.74) is 13.4. The smallest absolute Gasteiger partial charge is 0.0285 e. The van der Waals surface area contributed by atoms with Gasteiger partial charge < -0.3 is 0 Å². The van der Waals surface area contributed by atoms with Gasteiger partial charge in [-0.3, -0.25) is 0 Å². The highest BCUT2D eigenvalue weighted by Gasteiger charge is 2.28. The number of hydrogen-bond acceptors (Lipinski definition) is 0. The van der Waals surface area contributed by atoms with Crippen LogP contribution in [0.4, 0.5) is 0 Å². The summed E-state index contributed by atoms with van der Waals surface area (Å²) in [6, 6.07) is 26.8. The molecule has 2 heteroatoms. The van der Waals surface area contributed by atoms with Crippen molar-refractivity contribution in [3.8, 4) is 0 Å². The molecule has 0 unspecified atom stereocenters. The van der Waals surface area contributed by atoms with Gasteiger partial charge >= 0.3 is 0 Å². The molecule has 0 amide bonds. The topological polar surface area (TPSA) is 0 Å². The van der Waals surface area contributed by atoms with Gasteiger partial charge in [0.25, 0.3) is 0 Å². The van der Waals surface area contributed by atoms with Gasteiger partial charge in [-0.2, -0.15) is 0 Å². The predicted molar refractivity (Wildman–Crippen MR) is 137 cm³/mol. The van der Waals surface area contributed by atoms with Crippen LogP contribution in [0, 0.1) is 13.8 Å². The fourth-order valence-electron chi connectivity index (χ4n) is 4.78. The SMILES string of the molecule is Cc1c(CBr)cccc1C1=C(c2cccc(CBr)c2C)c2cccc3cccc1c23. The van der Waals surface area contributed by atoms with Crippen molar-refractivity contribution in [2.24, 2.45) is 0 Å². The van der Waals surface area contributed by atoms with Crippen molar-refractivity contribution in [1.29, 1.82) is 0 Å². The largest absolute Gasteiger partial charge is 0.0876 e. The van der Waals surface area contributed by atoms with Gasteiger partial charge in [-0.05, 0) is 80.3 Å². The molecule has 5 rings (SSSR count). The summed E-state index contributed by atoms with van der Waals surface area (Å²) in [6.45, 7) is 4.50. The Balaban J connectivity index is 1.93. The third-order valence-electron chi connectivity index (χ3n) is 6.41. The molecule has 0 aliphatic heterocycles. The van der Waals surface area contributed by atoms with Crippen LogP contribution in [0.5, 0.6) is 0 Å². The van der Waals surface area contributed by atoms with Crippen molar-refractivity contribution < 1.29 is 0 Å². The van der Waals surface area contributed by atoms with E-state index in [4.69, 9.17) is 0 Å². The van der Waals surface area contributed by atoms with Crippen LogP contribution in [0.15, 0.2) is 72.8 Å². The van der Waals surface area contributed by atoms with Gasteiger partial charge in [0.05, 0.1) is 0 Å². The maximum atomic E-state index is 3.68. The first-order chi connectivity index (χ1) is 14.7. The van der Waals surface area contributed by atoms with E-state index in [9.17, 15) is 0 Å². The first-order valence-electron chi connectivity index (χ1n) is 10.2. The molecule has 1 aliphatic carbocycles. The standard InChI is InChI=1S/C28H22Br2/c1-17-20(15-29)9-5-11-22(17)27-24-13-3-7-19-8-4-14-25(26(19)24)28(27)23-12-6-10-21(16-30)18(23)2/h3-14H,15-16H2,1-2H3. The van der Waals surface area contributed by atoms with E-state index in [1.54, 1.807) is 0 Å². The minimum Gasteiger partial charge on any atom is -0.0876 e. The van der Waals surface area contributed by atoms with E-state index >= 15 is 0 Å². The van der Waals surface area contributed by atoms with Crippen LogP contribution in [0.1, 0.15) is 44.5 Å². The summed E-state index contributed by atoms with van der Waals surface area (Å²) in [4.78, 5) is 0. The Morgan fingerprint density at radius 1 is 0.533 bits per heavy atom. The van der Waals surface area contributed by atoms with E-state index in [0.29, 0.717) is 0 Å². The molecule has 0 bridgehead atoms. The first-order valence-corrected chi connectivity index (χ1v) is 12.5. The highest BCUT2D eigenvalue weighted by Crippen LogP contribution is 2.49. The third kappa shape index (κ3) is 2.92. The molecule has 0 fully saturated rings. The molecule has 4 aromatic carbocycles. The summed E-state index contributed by atoms with van der Waals surface area (Å²) in [7, 11) is 0. The van der Waals surface area contributed by atoms with Crippen LogP contribution in [0.3, 0.4) is 0 Å². The lowest BCUT2D eigenvalue weighted by Crippen LogP contribution is -1.98. The van der Waals surface area contributed by atoms with Gasteiger partial charge in [0.2, 0.25) is 0 Å². The summed E-state index contributed by atoms with van der Waals surface area (Å²) in [5, 5.41) is 4.41. The van der Waals surface area contributed by atoms with Gasteiger partial charge in [-0.1, -0.05) is 105 Å². The van der Waals surface area contributed by atoms with Crippen molar-refractivity contribution in [1.82, 2.24) is 0 Å². The minimum absolute atomic E-state index is 0.866. The molecule has 30 heavy (non-hydrogen) atoms. The zero-order valence-electron chi connectivity index (χ0n) is 17.1. The molecule has 4 aromatic rings. The third-order valence-corrected chi connectivity index (χ3v) is 7.62. The Hall–Kier alpha value is -2.16. The normalized spacial score (nSPS) is 12.8. The lowest BCUT2D eigenvalue weighted by Gasteiger charge is -2.17. The molecule has 148 valence electrons. The van der Waals surface area contributed by atoms with Crippen LogP contribution < -0.4 is 0 Å². The molecule has 0 atom stereocenters. The number of benzene rings is 4. The Kier molecular flexibility index (Phi) is 5.16. The fraction of sp³-hybridized carbons (Fsp3) is 0.143. The average molecular weight is 518 g/mol. The highest BCUT2D eigenvalue weighted by molar-refractivity contribution is 9.08. The molecule has 0 heterocycles. The van der Waals surface area contributed by atoms with Gasteiger partial charge in [0.1, 0.15) is 0 Å². The van der Waals surface area contributed by atoms with Gasteiger partial charge in [0, 0.05) is 10.7 Å². The number of hydrogen-bond donors (Lipinski definition) is 0. The molecule has 1 aliphatic rings. The maximum Gasteiger partial charge on any atom is 0.0285 e. The van der Waals surface area contributed by atoms with Crippen molar-refractivity contribution in [3.05, 3.63) is 117 Å². The molecular weight excluding hydrogens is 496 g/mol. The summed E-state index contributed by atoms with van der Waals surface area (Å²) in [5.74, 6) is 0. The van der Waals surface area contributed by atoms with E-state index in [1.165, 1.54) is 66.4 Å². The van der Waals surface area contributed by atoms with Crippen LogP contribution in [-0.2, 0) is 10.7 Å². The predicted octanol–water partition coefficient (Wildman–Crippen LogP) is 8.57. The van der Waals surface area contributed by atoms with E-state index in [1.807, 2.05) is 0 Å². The zero-order chi connectivity index (χ0) is 20.8. The summed E-state index contributed by atoms with van der Waals surface area (Å²) in [6.07, 6.45) is 0. The van der Waals surface area contributed by atoms with Crippen molar-refractivity contribution in [2.45, 2.75) is 24.5 Å². The minimum atomic E-state index is 0.866. The highest BCUT2D eigenvalue weighted by atomic mass is 79.9. The van der Waals surface area contributed by atoms with E-state index in [-0.39, 0.29) is 0 Å². The Labute approximate surface area is 194 Å². The lowest BCUT2D eigenvalue weighted by molar-refractivity contribution is 1.29. The Morgan fingerprint density at radius 3 is 1.37 bits per heavy atom. The van der Waals surface area contributed by atoms with Crippen molar-refractivity contribution >= 4 is 53.8 Å². The van der Waals surface area contributed by atoms with Gasteiger partial charge in [-0.15, -0.1) is 0 Å². The second kappa shape index (κ2) is 7.83. The van der Waals surface area contributed by atoms with E-state index < -0.39 is 0 Å². The molecule has 0 saturated heterocycles. The Morgan fingerprint density at radius 2 is 0.933 bits per heavy atom. The number of rotatable bonds is 4. The Bertz CT molecular complexity index is 1230. The molecule has 0 radical (unpaired) electrons. The lowest BCUT2D eigenvalue weighted by atomic mass is 9.87. The van der Waals surface area contributed by atoms with Crippen molar-refractivity contribution in [2.75, 3.05) is 0 Å². The van der Waals surface area contributed by atoms with Crippen LogP contribution in [0.2, 0.25) is 0 Å². The summed E-state index contributed by atoms with van der Waals surface area (Å²) >= 11 is 7.36. The maximum absolute atomic E-state index is 3.68. The molecule has 0 aromatic heterocycles. The second-order valence-corrected chi connectivity index (χ2v) is 9.03. The average Bonchev–Trinajstić information content (AvgIpc) is 3.10. The van der Waals surface area contributed by atoms with Gasteiger partial charge in [-0.25, -0.2) is 0 Å². The molecule has 0 N–H and O–H groups in total.